The minimum Gasteiger partial charge on any atom is -0.336 e. The fourth-order valence-corrected chi connectivity index (χ4v) is 3.41. The number of amides is 2. The van der Waals surface area contributed by atoms with Crippen LogP contribution in [-0.2, 0) is 4.79 Å². The highest BCUT2D eigenvalue weighted by molar-refractivity contribution is 6.31. The molecule has 0 fully saturated rings. The molecule has 0 bridgehead atoms. The molecule has 0 aliphatic carbocycles. The number of hydrogen-bond donors (Lipinski definition) is 3. The molecular formula is C23H21Cl2N3O2. The highest BCUT2D eigenvalue weighted by Gasteiger charge is 2.26. The van der Waals surface area contributed by atoms with Crippen LogP contribution < -0.4 is 16.0 Å². The summed E-state index contributed by atoms with van der Waals surface area (Å²) in [5.41, 5.74) is 1.81. The van der Waals surface area contributed by atoms with Gasteiger partial charge in [0.25, 0.3) is 5.91 Å². The molecular weight excluding hydrogens is 421 g/mol. The first-order chi connectivity index (χ1) is 14.5. The Kier molecular flexibility index (Phi) is 7.46. The Morgan fingerprint density at radius 3 is 2.03 bits per heavy atom. The molecule has 0 saturated carbocycles. The smallest absolute Gasteiger partial charge is 0.252 e. The Hall–Kier alpha value is -2.86. The summed E-state index contributed by atoms with van der Waals surface area (Å²) >= 11 is 12.1. The summed E-state index contributed by atoms with van der Waals surface area (Å²) in [5.74, 6) is -0.797. The van der Waals surface area contributed by atoms with E-state index < -0.39 is 18.1 Å². The van der Waals surface area contributed by atoms with Crippen molar-refractivity contribution in [1.82, 2.24) is 16.0 Å². The van der Waals surface area contributed by atoms with Crippen LogP contribution in [0.4, 0.5) is 0 Å². The third-order valence-corrected chi connectivity index (χ3v) is 4.98. The van der Waals surface area contributed by atoms with Gasteiger partial charge >= 0.3 is 0 Å². The lowest BCUT2D eigenvalue weighted by Crippen LogP contribution is -2.44. The first-order valence-electron chi connectivity index (χ1n) is 9.32. The summed E-state index contributed by atoms with van der Waals surface area (Å²) in [5, 5.41) is 9.70. The van der Waals surface area contributed by atoms with Crippen LogP contribution in [-0.4, -0.2) is 18.9 Å². The van der Waals surface area contributed by atoms with Crippen molar-refractivity contribution in [2.45, 2.75) is 12.2 Å². The lowest BCUT2D eigenvalue weighted by atomic mass is 10.0. The van der Waals surface area contributed by atoms with Crippen molar-refractivity contribution < 1.29 is 9.59 Å². The maximum atomic E-state index is 13.2. The molecule has 5 nitrogen and oxygen atoms in total. The fraction of sp³-hybridized carbons (Fsp3) is 0.130. The zero-order valence-corrected chi connectivity index (χ0v) is 17.7. The van der Waals surface area contributed by atoms with Crippen LogP contribution in [0.1, 0.15) is 33.7 Å². The van der Waals surface area contributed by atoms with Gasteiger partial charge in [0.2, 0.25) is 5.91 Å². The van der Waals surface area contributed by atoms with Crippen LogP contribution in [0.25, 0.3) is 0 Å². The van der Waals surface area contributed by atoms with Gasteiger partial charge in [-0.3, -0.25) is 14.9 Å². The van der Waals surface area contributed by atoms with E-state index in [1.54, 1.807) is 55.6 Å². The molecule has 3 rings (SSSR count). The molecule has 3 aromatic carbocycles. The number of carbonyl (C=O) groups is 2. The van der Waals surface area contributed by atoms with Gasteiger partial charge in [-0.15, -0.1) is 0 Å². The van der Waals surface area contributed by atoms with Gasteiger partial charge < -0.3 is 10.6 Å². The number of rotatable bonds is 7. The predicted octanol–water partition coefficient (Wildman–Crippen LogP) is 4.50. The quantitative estimate of drug-likeness (QED) is 0.472. The Morgan fingerprint density at radius 2 is 1.40 bits per heavy atom. The SMILES string of the molecule is CNC(NC(=O)C(NC(=O)c1cccc(Cl)c1)c1cccc(Cl)c1)c1ccccc1. The summed E-state index contributed by atoms with van der Waals surface area (Å²) in [6.45, 7) is 0. The van der Waals surface area contributed by atoms with Gasteiger partial charge in [0.1, 0.15) is 12.2 Å². The number of benzene rings is 3. The molecule has 154 valence electrons. The topological polar surface area (TPSA) is 70.2 Å². The lowest BCUT2D eigenvalue weighted by molar-refractivity contribution is -0.124. The molecule has 30 heavy (non-hydrogen) atoms. The van der Waals surface area contributed by atoms with Crippen molar-refractivity contribution in [2.75, 3.05) is 7.05 Å². The van der Waals surface area contributed by atoms with E-state index in [1.807, 2.05) is 30.3 Å². The number of carbonyl (C=O) groups excluding carboxylic acids is 2. The Labute approximate surface area is 185 Å². The Bertz CT molecular complexity index is 1030. The van der Waals surface area contributed by atoms with Crippen molar-refractivity contribution in [2.24, 2.45) is 0 Å². The van der Waals surface area contributed by atoms with Crippen molar-refractivity contribution in [3.05, 3.63) is 106 Å². The minimum absolute atomic E-state index is 0.357. The molecule has 3 N–H and O–H groups in total. The Balaban J connectivity index is 1.87. The summed E-state index contributed by atoms with van der Waals surface area (Å²) in [7, 11) is 1.75. The predicted molar refractivity (Wildman–Crippen MR) is 119 cm³/mol. The number of hydrogen-bond acceptors (Lipinski definition) is 3. The van der Waals surface area contributed by atoms with Crippen LogP contribution in [0.5, 0.6) is 0 Å². The standard InChI is InChI=1S/C23H21Cl2N3O2/c1-26-21(15-7-3-2-4-8-15)28-23(30)20(16-9-5-11-18(24)13-16)27-22(29)17-10-6-12-19(25)14-17/h2-14,20-21,26H,1H3,(H,27,29)(H,28,30). The molecule has 0 aromatic heterocycles. The van der Waals surface area contributed by atoms with Gasteiger partial charge in [-0.1, -0.05) is 71.7 Å². The normalized spacial score (nSPS) is 12.6. The van der Waals surface area contributed by atoms with Gasteiger partial charge in [-0.05, 0) is 48.5 Å². The lowest BCUT2D eigenvalue weighted by Gasteiger charge is -2.24. The second kappa shape index (κ2) is 10.3. The number of nitrogens with one attached hydrogen (secondary N) is 3. The van der Waals surface area contributed by atoms with E-state index in [0.29, 0.717) is 21.2 Å². The molecule has 0 spiro atoms. The molecule has 0 saturated heterocycles. The second-order valence-electron chi connectivity index (χ2n) is 6.61. The molecule has 0 aliphatic rings. The zero-order chi connectivity index (χ0) is 21.5. The minimum atomic E-state index is -0.949. The molecule has 0 aliphatic heterocycles. The largest absolute Gasteiger partial charge is 0.336 e. The second-order valence-corrected chi connectivity index (χ2v) is 7.49. The van der Waals surface area contributed by atoms with Gasteiger partial charge in [-0.25, -0.2) is 0 Å². The monoisotopic (exact) mass is 441 g/mol. The maximum absolute atomic E-state index is 13.2. The summed E-state index contributed by atoms with van der Waals surface area (Å²) in [6, 6.07) is 21.9. The summed E-state index contributed by atoms with van der Waals surface area (Å²) < 4.78 is 0. The highest BCUT2D eigenvalue weighted by Crippen LogP contribution is 2.21. The van der Waals surface area contributed by atoms with E-state index in [2.05, 4.69) is 16.0 Å². The van der Waals surface area contributed by atoms with E-state index in [9.17, 15) is 9.59 Å². The molecule has 0 heterocycles. The average molecular weight is 442 g/mol. The van der Waals surface area contributed by atoms with E-state index in [0.717, 1.165) is 5.56 Å². The van der Waals surface area contributed by atoms with Crippen LogP contribution in [0, 0.1) is 0 Å². The first-order valence-corrected chi connectivity index (χ1v) is 10.1. The van der Waals surface area contributed by atoms with Crippen molar-refractivity contribution in [3.63, 3.8) is 0 Å². The molecule has 3 aromatic rings. The number of halogens is 2. The van der Waals surface area contributed by atoms with Gasteiger partial charge in [-0.2, -0.15) is 0 Å². The molecule has 7 heteroatoms. The summed E-state index contributed by atoms with van der Waals surface area (Å²) in [6.07, 6.45) is -0.427. The average Bonchev–Trinajstić information content (AvgIpc) is 2.76. The molecule has 2 atom stereocenters. The fourth-order valence-electron chi connectivity index (χ4n) is 3.02. The molecule has 2 amide bonds. The third-order valence-electron chi connectivity index (χ3n) is 4.51. The molecule has 2 unspecified atom stereocenters. The van der Waals surface area contributed by atoms with Gasteiger partial charge in [0.15, 0.2) is 0 Å². The van der Waals surface area contributed by atoms with Crippen LogP contribution in [0.3, 0.4) is 0 Å². The van der Waals surface area contributed by atoms with Crippen molar-refractivity contribution >= 4 is 35.0 Å². The van der Waals surface area contributed by atoms with Crippen molar-refractivity contribution in [3.8, 4) is 0 Å². The van der Waals surface area contributed by atoms with Gasteiger partial charge in [0.05, 0.1) is 0 Å². The van der Waals surface area contributed by atoms with E-state index in [4.69, 9.17) is 23.2 Å². The van der Waals surface area contributed by atoms with Crippen LogP contribution in [0.15, 0.2) is 78.9 Å². The first kappa shape index (κ1) is 21.8. The van der Waals surface area contributed by atoms with E-state index in [-0.39, 0.29) is 5.91 Å². The van der Waals surface area contributed by atoms with Crippen LogP contribution in [0.2, 0.25) is 10.0 Å². The Morgan fingerprint density at radius 1 is 0.767 bits per heavy atom. The maximum Gasteiger partial charge on any atom is 0.252 e. The summed E-state index contributed by atoms with van der Waals surface area (Å²) in [4.78, 5) is 26.0. The van der Waals surface area contributed by atoms with Gasteiger partial charge in [0, 0.05) is 15.6 Å². The van der Waals surface area contributed by atoms with E-state index >= 15 is 0 Å². The van der Waals surface area contributed by atoms with E-state index in [1.165, 1.54) is 0 Å². The van der Waals surface area contributed by atoms with Crippen molar-refractivity contribution in [1.29, 1.82) is 0 Å². The highest BCUT2D eigenvalue weighted by atomic mass is 35.5. The molecule has 0 radical (unpaired) electrons. The van der Waals surface area contributed by atoms with Crippen LogP contribution >= 0.6 is 23.2 Å². The third kappa shape index (κ3) is 5.60. The zero-order valence-electron chi connectivity index (χ0n) is 16.2.